The molecule has 1 aromatic carbocycles. The van der Waals surface area contributed by atoms with Gasteiger partial charge in [-0.05, 0) is 23.5 Å². The molecule has 0 saturated carbocycles. The lowest BCUT2D eigenvalue weighted by Gasteiger charge is -2.34. The molecule has 2 rings (SSSR count). The van der Waals surface area contributed by atoms with Gasteiger partial charge in [0.05, 0.1) is 25.4 Å². The fourth-order valence-electron chi connectivity index (χ4n) is 2.54. The third-order valence-corrected chi connectivity index (χ3v) is 3.49. The Morgan fingerprint density at radius 2 is 1.94 bits per heavy atom. The van der Waals surface area contributed by atoms with Gasteiger partial charge in [-0.25, -0.2) is 0 Å². The summed E-state index contributed by atoms with van der Waals surface area (Å²) in [5, 5.41) is 0. The number of benzene rings is 1. The van der Waals surface area contributed by atoms with Crippen LogP contribution in [-0.2, 0) is 9.47 Å². The van der Waals surface area contributed by atoms with E-state index < -0.39 is 0 Å². The van der Waals surface area contributed by atoms with Crippen molar-refractivity contribution >= 4 is 0 Å². The molecule has 0 radical (unpaired) electrons. The van der Waals surface area contributed by atoms with Gasteiger partial charge in [0.1, 0.15) is 0 Å². The number of rotatable bonds is 4. The van der Waals surface area contributed by atoms with Crippen LogP contribution in [0, 0.1) is 0 Å². The van der Waals surface area contributed by atoms with Crippen LogP contribution in [0.1, 0.15) is 36.4 Å². The van der Waals surface area contributed by atoms with Crippen molar-refractivity contribution in [3.8, 4) is 0 Å². The first-order valence-corrected chi connectivity index (χ1v) is 6.19. The summed E-state index contributed by atoms with van der Waals surface area (Å²) in [4.78, 5) is 0. The molecule has 0 aromatic heterocycles. The molecule has 1 aliphatic carbocycles. The van der Waals surface area contributed by atoms with Gasteiger partial charge >= 0.3 is 0 Å². The SMILES string of the molecule is COCCOC1CC(C)c2ccccc2C1N. The molecule has 1 aromatic rings. The lowest BCUT2D eigenvalue weighted by atomic mass is 9.79. The summed E-state index contributed by atoms with van der Waals surface area (Å²) in [5.74, 6) is 0.513. The summed E-state index contributed by atoms with van der Waals surface area (Å²) in [6.07, 6.45) is 1.09. The van der Waals surface area contributed by atoms with Crippen LogP contribution in [0.4, 0.5) is 0 Å². The van der Waals surface area contributed by atoms with Crippen molar-refractivity contribution in [3.63, 3.8) is 0 Å². The number of hydrogen-bond acceptors (Lipinski definition) is 3. The first-order valence-electron chi connectivity index (χ1n) is 6.19. The topological polar surface area (TPSA) is 44.5 Å². The van der Waals surface area contributed by atoms with Crippen molar-refractivity contribution in [3.05, 3.63) is 35.4 Å². The fourth-order valence-corrected chi connectivity index (χ4v) is 2.54. The number of hydrogen-bond donors (Lipinski definition) is 1. The van der Waals surface area contributed by atoms with Gasteiger partial charge in [-0.15, -0.1) is 0 Å². The van der Waals surface area contributed by atoms with Crippen molar-refractivity contribution < 1.29 is 9.47 Å². The summed E-state index contributed by atoms with van der Waals surface area (Å²) in [7, 11) is 1.68. The maximum absolute atomic E-state index is 6.27. The average Bonchev–Trinajstić information content (AvgIpc) is 2.36. The number of fused-ring (bicyclic) bond motifs is 1. The summed E-state index contributed by atoms with van der Waals surface area (Å²) in [6.45, 7) is 3.47. The van der Waals surface area contributed by atoms with Gasteiger partial charge in [0.2, 0.25) is 0 Å². The Hall–Kier alpha value is -0.900. The first kappa shape index (κ1) is 12.6. The lowest BCUT2D eigenvalue weighted by molar-refractivity contribution is -0.00659. The second-order valence-corrected chi connectivity index (χ2v) is 4.69. The van der Waals surface area contributed by atoms with E-state index in [1.807, 2.05) is 6.07 Å². The number of methoxy groups -OCH3 is 1. The number of ether oxygens (including phenoxy) is 2. The monoisotopic (exact) mass is 235 g/mol. The minimum absolute atomic E-state index is 0.0146. The highest BCUT2D eigenvalue weighted by molar-refractivity contribution is 5.35. The van der Waals surface area contributed by atoms with Crippen LogP contribution in [0.25, 0.3) is 0 Å². The van der Waals surface area contributed by atoms with Gasteiger partial charge in [-0.3, -0.25) is 0 Å². The molecule has 3 unspecified atom stereocenters. The highest BCUT2D eigenvalue weighted by atomic mass is 16.5. The van der Waals surface area contributed by atoms with E-state index in [4.69, 9.17) is 15.2 Å². The molecule has 0 amide bonds. The van der Waals surface area contributed by atoms with E-state index in [-0.39, 0.29) is 12.1 Å². The summed E-state index contributed by atoms with van der Waals surface area (Å²) < 4.78 is 10.8. The Morgan fingerprint density at radius 1 is 1.24 bits per heavy atom. The molecule has 3 atom stereocenters. The van der Waals surface area contributed by atoms with Crippen molar-refractivity contribution in [2.45, 2.75) is 31.4 Å². The van der Waals surface area contributed by atoms with Gasteiger partial charge in [0, 0.05) is 7.11 Å². The van der Waals surface area contributed by atoms with Crippen LogP contribution < -0.4 is 5.73 Å². The van der Waals surface area contributed by atoms with E-state index in [1.54, 1.807) is 7.11 Å². The van der Waals surface area contributed by atoms with Gasteiger partial charge in [-0.2, -0.15) is 0 Å². The van der Waals surface area contributed by atoms with Crippen LogP contribution in [0.15, 0.2) is 24.3 Å². The van der Waals surface area contributed by atoms with E-state index in [1.165, 1.54) is 11.1 Å². The molecule has 3 nitrogen and oxygen atoms in total. The molecule has 0 spiro atoms. The second kappa shape index (κ2) is 5.63. The zero-order valence-corrected chi connectivity index (χ0v) is 10.6. The van der Waals surface area contributed by atoms with Crippen LogP contribution in [0.5, 0.6) is 0 Å². The maximum atomic E-state index is 6.27. The van der Waals surface area contributed by atoms with E-state index >= 15 is 0 Å². The Balaban J connectivity index is 2.09. The Kier molecular flexibility index (Phi) is 4.15. The largest absolute Gasteiger partial charge is 0.382 e. The summed E-state index contributed by atoms with van der Waals surface area (Å²) >= 11 is 0. The van der Waals surface area contributed by atoms with Crippen molar-refractivity contribution in [2.24, 2.45) is 5.73 Å². The molecule has 0 heterocycles. The van der Waals surface area contributed by atoms with Crippen LogP contribution in [0.2, 0.25) is 0 Å². The highest BCUT2D eigenvalue weighted by Gasteiger charge is 2.30. The van der Waals surface area contributed by atoms with Crippen molar-refractivity contribution in [2.75, 3.05) is 20.3 Å². The molecule has 94 valence electrons. The Morgan fingerprint density at radius 3 is 2.65 bits per heavy atom. The van der Waals surface area contributed by atoms with E-state index in [9.17, 15) is 0 Å². The Bertz CT molecular complexity index is 367. The quantitative estimate of drug-likeness (QED) is 0.814. The molecule has 0 aliphatic heterocycles. The minimum atomic E-state index is -0.0146. The summed E-state index contributed by atoms with van der Waals surface area (Å²) in [5.41, 5.74) is 8.87. The summed E-state index contributed by atoms with van der Waals surface area (Å²) in [6, 6.07) is 8.39. The molecule has 2 N–H and O–H groups in total. The maximum Gasteiger partial charge on any atom is 0.0774 e. The van der Waals surface area contributed by atoms with Crippen molar-refractivity contribution in [1.82, 2.24) is 0 Å². The molecule has 0 fully saturated rings. The lowest BCUT2D eigenvalue weighted by Crippen LogP contribution is -2.35. The molecule has 0 saturated heterocycles. The van der Waals surface area contributed by atoms with E-state index in [0.717, 1.165) is 6.42 Å². The smallest absolute Gasteiger partial charge is 0.0774 e. The molecule has 1 aliphatic rings. The third kappa shape index (κ3) is 2.68. The van der Waals surface area contributed by atoms with Crippen LogP contribution >= 0.6 is 0 Å². The van der Waals surface area contributed by atoms with Crippen LogP contribution in [0.3, 0.4) is 0 Å². The normalized spacial score (nSPS) is 27.8. The molecule has 17 heavy (non-hydrogen) atoms. The zero-order chi connectivity index (χ0) is 12.3. The van der Waals surface area contributed by atoms with Gasteiger partial charge < -0.3 is 15.2 Å². The standard InChI is InChI=1S/C14H21NO2/c1-10-9-13(17-8-7-16-2)14(15)12-6-4-3-5-11(10)12/h3-6,10,13-14H,7-9,15H2,1-2H3. The molecular formula is C14H21NO2. The third-order valence-electron chi connectivity index (χ3n) is 3.49. The predicted octanol–water partition coefficient (Wildman–Crippen LogP) is 2.23. The average molecular weight is 235 g/mol. The predicted molar refractivity (Wildman–Crippen MR) is 68.0 cm³/mol. The fraction of sp³-hybridized carbons (Fsp3) is 0.571. The number of nitrogens with two attached hydrogens (primary N) is 1. The second-order valence-electron chi connectivity index (χ2n) is 4.69. The van der Waals surface area contributed by atoms with Crippen LogP contribution in [-0.4, -0.2) is 26.4 Å². The Labute approximate surface area is 103 Å². The van der Waals surface area contributed by atoms with Crippen molar-refractivity contribution in [1.29, 1.82) is 0 Å². The van der Waals surface area contributed by atoms with Gasteiger partial charge in [0.25, 0.3) is 0 Å². The molecule has 3 heteroatoms. The van der Waals surface area contributed by atoms with Gasteiger partial charge in [0.15, 0.2) is 0 Å². The van der Waals surface area contributed by atoms with Gasteiger partial charge in [-0.1, -0.05) is 31.2 Å². The molecule has 0 bridgehead atoms. The van der Waals surface area contributed by atoms with E-state index in [2.05, 4.69) is 25.1 Å². The van der Waals surface area contributed by atoms with E-state index in [0.29, 0.717) is 19.1 Å². The highest BCUT2D eigenvalue weighted by Crippen LogP contribution is 2.37. The zero-order valence-electron chi connectivity index (χ0n) is 10.6. The first-order chi connectivity index (χ1) is 8.24. The molecular weight excluding hydrogens is 214 g/mol. The minimum Gasteiger partial charge on any atom is -0.382 e.